The Labute approximate surface area is 130 Å². The molecule has 2 aromatic rings. The van der Waals surface area contributed by atoms with Crippen LogP contribution in [0.3, 0.4) is 0 Å². The maximum Gasteiger partial charge on any atom is 0.335 e. The average Bonchev–Trinajstić information content (AvgIpc) is 2.41. The van der Waals surface area contributed by atoms with Gasteiger partial charge in [0.2, 0.25) is 0 Å². The Morgan fingerprint density at radius 1 is 1.33 bits per heavy atom. The van der Waals surface area contributed by atoms with Gasteiger partial charge in [-0.1, -0.05) is 13.8 Å². The first-order valence-corrected chi connectivity index (χ1v) is 7.13. The number of carbonyl (C=O) groups is 1. The summed E-state index contributed by atoms with van der Waals surface area (Å²) in [5, 5.41) is 12.2. The van der Waals surface area contributed by atoms with Gasteiger partial charge >= 0.3 is 5.97 Å². The average molecular weight is 353 g/mol. The molecule has 110 valence electrons. The minimum absolute atomic E-state index is 0.0986. The molecular formula is C15H14BrFN2O2. The lowest BCUT2D eigenvalue weighted by Gasteiger charge is -2.12. The predicted molar refractivity (Wildman–Crippen MR) is 82.7 cm³/mol. The van der Waals surface area contributed by atoms with E-state index >= 15 is 0 Å². The highest BCUT2D eigenvalue weighted by Crippen LogP contribution is 2.27. The molecule has 0 fully saturated rings. The summed E-state index contributed by atoms with van der Waals surface area (Å²) in [4.78, 5) is 15.6. The molecule has 1 aromatic heterocycles. The summed E-state index contributed by atoms with van der Waals surface area (Å²) in [7, 11) is 0. The summed E-state index contributed by atoms with van der Waals surface area (Å²) in [6.45, 7) is 3.87. The summed E-state index contributed by atoms with van der Waals surface area (Å²) < 4.78 is 13.6. The van der Waals surface area contributed by atoms with E-state index < -0.39 is 5.97 Å². The van der Waals surface area contributed by atoms with E-state index in [4.69, 9.17) is 5.11 Å². The molecule has 0 unspecified atom stereocenters. The number of nitrogens with one attached hydrogen (secondary N) is 1. The molecule has 0 aliphatic carbocycles. The Kier molecular flexibility index (Phi) is 4.57. The smallest absolute Gasteiger partial charge is 0.335 e. The van der Waals surface area contributed by atoms with Crippen LogP contribution >= 0.6 is 15.9 Å². The highest BCUT2D eigenvalue weighted by molar-refractivity contribution is 9.10. The molecule has 0 aliphatic rings. The van der Waals surface area contributed by atoms with Crippen molar-refractivity contribution in [1.82, 2.24) is 4.98 Å². The first-order valence-electron chi connectivity index (χ1n) is 6.34. The van der Waals surface area contributed by atoms with E-state index in [1.807, 2.05) is 13.8 Å². The summed E-state index contributed by atoms with van der Waals surface area (Å²) in [6.07, 6.45) is 0. The molecule has 0 aliphatic heterocycles. The second-order valence-electron chi connectivity index (χ2n) is 4.87. The van der Waals surface area contributed by atoms with E-state index in [1.165, 1.54) is 18.2 Å². The maximum absolute atomic E-state index is 13.1. The number of carboxylic acids is 1. The molecule has 2 rings (SSSR count). The molecule has 1 heterocycles. The van der Waals surface area contributed by atoms with Gasteiger partial charge in [0.25, 0.3) is 0 Å². The lowest BCUT2D eigenvalue weighted by Crippen LogP contribution is -2.05. The van der Waals surface area contributed by atoms with E-state index in [0.29, 0.717) is 21.7 Å². The minimum Gasteiger partial charge on any atom is -0.478 e. The third-order valence-corrected chi connectivity index (χ3v) is 3.53. The molecule has 0 amide bonds. The van der Waals surface area contributed by atoms with Crippen molar-refractivity contribution in [2.24, 2.45) is 0 Å². The fraction of sp³-hybridized carbons (Fsp3) is 0.200. The molecular weight excluding hydrogens is 339 g/mol. The quantitative estimate of drug-likeness (QED) is 0.847. The first kappa shape index (κ1) is 15.4. The van der Waals surface area contributed by atoms with Crippen LogP contribution < -0.4 is 5.32 Å². The van der Waals surface area contributed by atoms with Crippen molar-refractivity contribution in [2.75, 3.05) is 5.32 Å². The van der Waals surface area contributed by atoms with Crippen LogP contribution in [0.1, 0.15) is 35.8 Å². The molecule has 0 saturated heterocycles. The number of nitrogens with zero attached hydrogens (tertiary/aromatic N) is 1. The fourth-order valence-electron chi connectivity index (χ4n) is 1.76. The highest BCUT2D eigenvalue weighted by Gasteiger charge is 2.12. The van der Waals surface area contributed by atoms with Gasteiger partial charge in [-0.15, -0.1) is 0 Å². The van der Waals surface area contributed by atoms with E-state index in [9.17, 15) is 9.18 Å². The van der Waals surface area contributed by atoms with Crippen LogP contribution in [-0.2, 0) is 0 Å². The Morgan fingerprint density at radius 3 is 2.62 bits per heavy atom. The fourth-order valence-corrected chi connectivity index (χ4v) is 2.21. The Morgan fingerprint density at radius 2 is 2.05 bits per heavy atom. The van der Waals surface area contributed by atoms with Gasteiger partial charge in [0, 0.05) is 10.2 Å². The van der Waals surface area contributed by atoms with Crippen LogP contribution in [-0.4, -0.2) is 16.1 Å². The first-order chi connectivity index (χ1) is 9.86. The van der Waals surface area contributed by atoms with Crippen molar-refractivity contribution < 1.29 is 14.3 Å². The standard InChI is InChI=1S/C15H14BrFN2O2/c1-8(2)13-5-9(15(20)21)6-14(19-13)18-12-4-3-10(17)7-11(12)16/h3-8H,1-2H3,(H,18,19)(H,20,21). The zero-order valence-electron chi connectivity index (χ0n) is 11.5. The SMILES string of the molecule is CC(C)c1cc(C(=O)O)cc(Nc2ccc(F)cc2Br)n1. The number of aromatic carboxylic acids is 1. The molecule has 0 radical (unpaired) electrons. The third kappa shape index (κ3) is 3.78. The zero-order chi connectivity index (χ0) is 15.6. The van der Waals surface area contributed by atoms with Crippen LogP contribution in [0.25, 0.3) is 0 Å². The van der Waals surface area contributed by atoms with Crippen molar-refractivity contribution in [3.8, 4) is 0 Å². The number of pyridine rings is 1. The number of halogens is 2. The van der Waals surface area contributed by atoms with Crippen LogP contribution in [0.2, 0.25) is 0 Å². The summed E-state index contributed by atoms with van der Waals surface area (Å²) >= 11 is 3.25. The van der Waals surface area contributed by atoms with Crippen LogP contribution in [0.4, 0.5) is 15.9 Å². The highest BCUT2D eigenvalue weighted by atomic mass is 79.9. The number of hydrogen-bond acceptors (Lipinski definition) is 3. The van der Waals surface area contributed by atoms with Crippen LogP contribution in [0.5, 0.6) is 0 Å². The molecule has 21 heavy (non-hydrogen) atoms. The zero-order valence-corrected chi connectivity index (χ0v) is 13.1. The van der Waals surface area contributed by atoms with Crippen molar-refractivity contribution in [2.45, 2.75) is 19.8 Å². The summed E-state index contributed by atoms with van der Waals surface area (Å²) in [5.41, 5.74) is 1.45. The van der Waals surface area contributed by atoms with E-state index in [-0.39, 0.29) is 17.3 Å². The molecule has 0 bridgehead atoms. The molecule has 4 nitrogen and oxygen atoms in total. The van der Waals surface area contributed by atoms with Gasteiger partial charge in [0.15, 0.2) is 0 Å². The molecule has 0 saturated carbocycles. The topological polar surface area (TPSA) is 62.2 Å². The predicted octanol–water partition coefficient (Wildman–Crippen LogP) is 4.55. The number of aromatic nitrogens is 1. The molecule has 2 N–H and O–H groups in total. The third-order valence-electron chi connectivity index (χ3n) is 2.88. The van der Waals surface area contributed by atoms with Crippen LogP contribution in [0.15, 0.2) is 34.8 Å². The molecule has 6 heteroatoms. The number of benzene rings is 1. The molecule has 1 aromatic carbocycles. The lowest BCUT2D eigenvalue weighted by molar-refractivity contribution is 0.0696. The van der Waals surface area contributed by atoms with Gasteiger partial charge in [0.1, 0.15) is 11.6 Å². The monoisotopic (exact) mass is 352 g/mol. The second kappa shape index (κ2) is 6.22. The number of carboxylic acid groups (broad SMARTS) is 1. The normalized spacial score (nSPS) is 10.7. The largest absolute Gasteiger partial charge is 0.478 e. The van der Waals surface area contributed by atoms with E-state index in [2.05, 4.69) is 26.2 Å². The van der Waals surface area contributed by atoms with Gasteiger partial charge in [-0.2, -0.15) is 0 Å². The summed E-state index contributed by atoms with van der Waals surface area (Å²) in [5.74, 6) is -0.865. The Hall–Kier alpha value is -1.95. The number of anilines is 2. The van der Waals surface area contributed by atoms with Gasteiger partial charge in [-0.05, 0) is 52.2 Å². The number of rotatable bonds is 4. The molecule has 0 spiro atoms. The number of hydrogen-bond donors (Lipinski definition) is 2. The van der Waals surface area contributed by atoms with Crippen molar-refractivity contribution >= 4 is 33.4 Å². The maximum atomic E-state index is 13.1. The lowest BCUT2D eigenvalue weighted by atomic mass is 10.1. The van der Waals surface area contributed by atoms with Gasteiger partial charge in [0.05, 0.1) is 11.3 Å². The Bertz CT molecular complexity index is 689. The molecule has 0 atom stereocenters. The van der Waals surface area contributed by atoms with Gasteiger partial charge < -0.3 is 10.4 Å². The van der Waals surface area contributed by atoms with Crippen LogP contribution in [0, 0.1) is 5.82 Å². The minimum atomic E-state index is -1.01. The Balaban J connectivity index is 2.41. The van der Waals surface area contributed by atoms with Crippen molar-refractivity contribution in [3.05, 3.63) is 51.9 Å². The van der Waals surface area contributed by atoms with E-state index in [0.717, 1.165) is 0 Å². The van der Waals surface area contributed by atoms with Crippen molar-refractivity contribution in [3.63, 3.8) is 0 Å². The van der Waals surface area contributed by atoms with Gasteiger partial charge in [-0.3, -0.25) is 0 Å². The van der Waals surface area contributed by atoms with Gasteiger partial charge in [-0.25, -0.2) is 14.2 Å². The summed E-state index contributed by atoms with van der Waals surface area (Å²) in [6, 6.07) is 7.20. The van der Waals surface area contributed by atoms with E-state index in [1.54, 1.807) is 12.1 Å². The second-order valence-corrected chi connectivity index (χ2v) is 5.73. The van der Waals surface area contributed by atoms with Crippen molar-refractivity contribution in [1.29, 1.82) is 0 Å².